The number of carbonyl (C=O) groups excluding carboxylic acids is 1. The number of pyridine rings is 1. The minimum atomic E-state index is -0.455. The van der Waals surface area contributed by atoms with Crippen molar-refractivity contribution in [1.82, 2.24) is 10.3 Å². The minimum absolute atomic E-state index is 0.113. The molecule has 0 bridgehead atoms. The molecule has 1 unspecified atom stereocenters. The Morgan fingerprint density at radius 2 is 2.32 bits per heavy atom. The fourth-order valence-corrected chi connectivity index (χ4v) is 2.41. The van der Waals surface area contributed by atoms with E-state index in [9.17, 15) is 4.79 Å². The highest BCUT2D eigenvalue weighted by Crippen LogP contribution is 2.24. The summed E-state index contributed by atoms with van der Waals surface area (Å²) in [4.78, 5) is 16.7. The molecule has 1 N–H and O–H groups in total. The Kier molecular flexibility index (Phi) is 4.53. The number of Topliss-reactive ketones (excluding diaryl/α,β-unsaturated/α-hetero) is 1. The summed E-state index contributed by atoms with van der Waals surface area (Å²) in [5.74, 6) is 0.786. The van der Waals surface area contributed by atoms with Gasteiger partial charge in [-0.15, -0.1) is 0 Å². The summed E-state index contributed by atoms with van der Waals surface area (Å²) in [6, 6.07) is 1.80. The molecule has 2 heterocycles. The van der Waals surface area contributed by atoms with Crippen LogP contribution in [-0.2, 0) is 0 Å². The smallest absolute Gasteiger partial charge is 0.184 e. The van der Waals surface area contributed by atoms with E-state index in [0.29, 0.717) is 17.9 Å². The van der Waals surface area contributed by atoms with Gasteiger partial charge in [0.15, 0.2) is 5.78 Å². The van der Waals surface area contributed by atoms with Gasteiger partial charge >= 0.3 is 0 Å². The van der Waals surface area contributed by atoms with E-state index in [4.69, 9.17) is 4.74 Å². The molecule has 19 heavy (non-hydrogen) atoms. The molecular formula is C15H22N2O2. The molecular weight excluding hydrogens is 240 g/mol. The summed E-state index contributed by atoms with van der Waals surface area (Å²) in [7, 11) is 0. The summed E-state index contributed by atoms with van der Waals surface area (Å²) in [5.41, 5.74) is 0.175. The summed E-state index contributed by atoms with van der Waals surface area (Å²) >= 11 is 0. The van der Waals surface area contributed by atoms with E-state index < -0.39 is 5.54 Å². The highest BCUT2D eigenvalue weighted by atomic mass is 16.5. The fourth-order valence-electron chi connectivity index (χ4n) is 2.41. The molecule has 1 saturated heterocycles. The first-order valence-corrected chi connectivity index (χ1v) is 7.03. The van der Waals surface area contributed by atoms with Gasteiger partial charge in [-0.1, -0.05) is 6.92 Å². The fraction of sp³-hybridized carbons (Fsp3) is 0.600. The zero-order valence-corrected chi connectivity index (χ0v) is 11.7. The molecule has 1 atom stereocenters. The van der Waals surface area contributed by atoms with Gasteiger partial charge < -0.3 is 10.1 Å². The number of hydrogen-bond donors (Lipinski definition) is 1. The largest absolute Gasteiger partial charge is 0.492 e. The Labute approximate surface area is 114 Å². The van der Waals surface area contributed by atoms with Gasteiger partial charge in [0, 0.05) is 11.8 Å². The molecule has 104 valence electrons. The molecule has 1 aliphatic rings. The number of aromatic nitrogens is 1. The Hall–Kier alpha value is -1.42. The standard InChI is InChI=1S/C15H22N2O2/c1-3-8-19-13-9-12(10-16-11-13)14(18)15(2)6-4-5-7-17-15/h9-11,17H,3-8H2,1-2H3. The van der Waals surface area contributed by atoms with Crippen molar-refractivity contribution in [2.24, 2.45) is 0 Å². The molecule has 1 aliphatic heterocycles. The van der Waals surface area contributed by atoms with Gasteiger partial charge in [0.25, 0.3) is 0 Å². The minimum Gasteiger partial charge on any atom is -0.492 e. The Morgan fingerprint density at radius 3 is 3.00 bits per heavy atom. The van der Waals surface area contributed by atoms with Crippen molar-refractivity contribution in [1.29, 1.82) is 0 Å². The number of ketones is 1. The molecule has 0 spiro atoms. The van der Waals surface area contributed by atoms with Crippen molar-refractivity contribution in [3.05, 3.63) is 24.0 Å². The number of carbonyl (C=O) groups is 1. The first-order valence-electron chi connectivity index (χ1n) is 7.03. The molecule has 1 aromatic heterocycles. The van der Waals surface area contributed by atoms with Crippen molar-refractivity contribution in [3.8, 4) is 5.75 Å². The molecule has 1 fully saturated rings. The van der Waals surface area contributed by atoms with Crippen molar-refractivity contribution in [2.45, 2.75) is 45.1 Å². The van der Waals surface area contributed by atoms with Gasteiger partial charge in [-0.2, -0.15) is 0 Å². The Morgan fingerprint density at radius 1 is 1.47 bits per heavy atom. The van der Waals surface area contributed by atoms with Crippen LogP contribution in [0.3, 0.4) is 0 Å². The van der Waals surface area contributed by atoms with Crippen LogP contribution in [0, 0.1) is 0 Å². The monoisotopic (exact) mass is 262 g/mol. The molecule has 0 amide bonds. The van der Waals surface area contributed by atoms with Crippen molar-refractivity contribution < 1.29 is 9.53 Å². The molecule has 0 radical (unpaired) electrons. The lowest BCUT2D eigenvalue weighted by atomic mass is 9.84. The van der Waals surface area contributed by atoms with Crippen LogP contribution >= 0.6 is 0 Å². The molecule has 0 aromatic carbocycles. The first kappa shape index (κ1) is 14.0. The van der Waals surface area contributed by atoms with Crippen LogP contribution in [0.15, 0.2) is 18.5 Å². The lowest BCUT2D eigenvalue weighted by Gasteiger charge is -2.33. The Balaban J connectivity index is 2.14. The SMILES string of the molecule is CCCOc1cncc(C(=O)C2(C)CCCCN2)c1. The second-order valence-electron chi connectivity index (χ2n) is 5.30. The maximum atomic E-state index is 12.6. The molecule has 4 nitrogen and oxygen atoms in total. The zero-order valence-electron chi connectivity index (χ0n) is 11.7. The van der Waals surface area contributed by atoms with E-state index in [1.165, 1.54) is 0 Å². The summed E-state index contributed by atoms with van der Waals surface area (Å²) in [5, 5.41) is 3.34. The van der Waals surface area contributed by atoms with Gasteiger partial charge in [-0.05, 0) is 45.2 Å². The number of piperidine rings is 1. The van der Waals surface area contributed by atoms with Gasteiger partial charge in [0.1, 0.15) is 5.75 Å². The predicted molar refractivity (Wildman–Crippen MR) is 74.6 cm³/mol. The van der Waals surface area contributed by atoms with E-state index in [0.717, 1.165) is 32.2 Å². The van der Waals surface area contributed by atoms with E-state index >= 15 is 0 Å². The first-order chi connectivity index (χ1) is 9.15. The van der Waals surface area contributed by atoms with Crippen LogP contribution in [0.25, 0.3) is 0 Å². The van der Waals surface area contributed by atoms with Gasteiger partial charge in [-0.25, -0.2) is 0 Å². The van der Waals surface area contributed by atoms with Gasteiger partial charge in [-0.3, -0.25) is 9.78 Å². The molecule has 1 aromatic rings. The third-order valence-electron chi connectivity index (χ3n) is 3.57. The maximum absolute atomic E-state index is 12.6. The molecule has 0 saturated carbocycles. The van der Waals surface area contributed by atoms with Crippen molar-refractivity contribution in [3.63, 3.8) is 0 Å². The maximum Gasteiger partial charge on any atom is 0.184 e. The number of nitrogens with one attached hydrogen (secondary N) is 1. The van der Waals surface area contributed by atoms with Crippen LogP contribution in [0.1, 0.15) is 49.9 Å². The lowest BCUT2D eigenvalue weighted by Crippen LogP contribution is -2.52. The van der Waals surface area contributed by atoms with E-state index in [2.05, 4.69) is 17.2 Å². The third kappa shape index (κ3) is 3.32. The number of ether oxygens (including phenoxy) is 1. The van der Waals surface area contributed by atoms with Crippen molar-refractivity contribution >= 4 is 5.78 Å². The summed E-state index contributed by atoms with van der Waals surface area (Å²) in [6.45, 7) is 5.58. The third-order valence-corrected chi connectivity index (χ3v) is 3.57. The highest BCUT2D eigenvalue weighted by Gasteiger charge is 2.35. The number of nitrogens with zero attached hydrogens (tertiary/aromatic N) is 1. The van der Waals surface area contributed by atoms with Crippen LogP contribution in [-0.4, -0.2) is 29.5 Å². The van der Waals surface area contributed by atoms with Crippen LogP contribution in [0.5, 0.6) is 5.75 Å². The zero-order chi connectivity index (χ0) is 13.7. The van der Waals surface area contributed by atoms with E-state index in [1.807, 2.05) is 6.92 Å². The Bertz CT molecular complexity index is 440. The summed E-state index contributed by atoms with van der Waals surface area (Å²) < 4.78 is 5.53. The number of hydrogen-bond acceptors (Lipinski definition) is 4. The average Bonchev–Trinajstić information content (AvgIpc) is 2.45. The van der Waals surface area contributed by atoms with E-state index in [-0.39, 0.29) is 5.78 Å². The van der Waals surface area contributed by atoms with E-state index in [1.54, 1.807) is 18.5 Å². The predicted octanol–water partition coefficient (Wildman–Crippen LogP) is 2.59. The van der Waals surface area contributed by atoms with Crippen LogP contribution in [0.2, 0.25) is 0 Å². The topological polar surface area (TPSA) is 51.2 Å². The van der Waals surface area contributed by atoms with Crippen LogP contribution in [0.4, 0.5) is 0 Å². The second-order valence-corrected chi connectivity index (χ2v) is 5.30. The quantitative estimate of drug-likeness (QED) is 0.829. The van der Waals surface area contributed by atoms with Crippen molar-refractivity contribution in [2.75, 3.05) is 13.2 Å². The molecule has 2 rings (SSSR count). The molecule has 0 aliphatic carbocycles. The molecule has 4 heteroatoms. The summed E-state index contributed by atoms with van der Waals surface area (Å²) in [6.07, 6.45) is 7.34. The number of rotatable bonds is 5. The van der Waals surface area contributed by atoms with Gasteiger partial charge in [0.05, 0.1) is 18.3 Å². The normalized spacial score (nSPS) is 23.1. The van der Waals surface area contributed by atoms with Gasteiger partial charge in [0.2, 0.25) is 0 Å². The lowest BCUT2D eigenvalue weighted by molar-refractivity contribution is 0.0834. The second kappa shape index (κ2) is 6.15. The van der Waals surface area contributed by atoms with Crippen LogP contribution < -0.4 is 10.1 Å². The average molecular weight is 262 g/mol. The highest BCUT2D eigenvalue weighted by molar-refractivity contribution is 6.03.